The van der Waals surface area contributed by atoms with Crippen molar-refractivity contribution in [2.75, 3.05) is 6.61 Å². The Morgan fingerprint density at radius 3 is 1.83 bits per heavy atom. The molecule has 0 aliphatic carbocycles. The molecule has 0 amide bonds. The minimum absolute atomic E-state index is 0.431. The summed E-state index contributed by atoms with van der Waals surface area (Å²) in [7, 11) is -4.67. The fraction of sp³-hybridized carbons (Fsp3) is 1.00. The molecule has 0 heterocycles. The first kappa shape index (κ1) is 14.3. The summed E-state index contributed by atoms with van der Waals surface area (Å²) in [6, 6.07) is 0.431. The minimum Gasteiger partial charge on any atom is -0.302 e. The van der Waals surface area contributed by atoms with E-state index in [4.69, 9.17) is 22.4 Å². The Hall–Kier alpha value is -0.210. The van der Waals surface area contributed by atoms with Crippen LogP contribution in [-0.4, -0.2) is 30.2 Å². The van der Waals surface area contributed by atoms with Crippen molar-refractivity contribution in [1.82, 2.24) is 5.48 Å². The molecule has 0 aromatic carbocycles. The molecule has 0 atom stereocenters. The van der Waals surface area contributed by atoms with Gasteiger partial charge in [0, 0.05) is 6.04 Å². The van der Waals surface area contributed by atoms with Gasteiger partial charge in [0.25, 0.3) is 0 Å². The Balaban J connectivity index is 0. The average Bonchev–Trinajstić information content (AvgIpc) is 1.79. The molecule has 6 nitrogen and oxygen atoms in total. The molecule has 0 radical (unpaired) electrons. The Kier molecular flexibility index (Phi) is 8.88. The van der Waals surface area contributed by atoms with Crippen LogP contribution in [-0.2, 0) is 15.2 Å². The number of nitrogens with one attached hydrogen (secondary N) is 1. The van der Waals surface area contributed by atoms with Gasteiger partial charge in [-0.2, -0.15) is 8.42 Å². The van der Waals surface area contributed by atoms with Crippen LogP contribution in [0, 0.1) is 0 Å². The van der Waals surface area contributed by atoms with Crippen molar-refractivity contribution in [1.29, 1.82) is 0 Å². The average molecular weight is 201 g/mol. The Morgan fingerprint density at radius 1 is 1.42 bits per heavy atom. The van der Waals surface area contributed by atoms with Crippen molar-refractivity contribution in [3.63, 3.8) is 0 Å². The van der Waals surface area contributed by atoms with Crippen LogP contribution in [0.2, 0.25) is 0 Å². The molecular weight excluding hydrogens is 186 g/mol. The lowest BCUT2D eigenvalue weighted by Gasteiger charge is -2.04. The van der Waals surface area contributed by atoms with Crippen molar-refractivity contribution in [2.45, 2.75) is 26.8 Å². The molecule has 0 aromatic rings. The molecule has 0 fully saturated rings. The summed E-state index contributed by atoms with van der Waals surface area (Å²) in [5, 5.41) is 0. The standard InChI is InChI=1S/C5H13NO.H2O4S/c1-4-7-6-5(2)3;1-5(2,3)4/h5-6H,4H2,1-3H3;(H2,1,2,3,4). The molecule has 0 spiro atoms. The lowest BCUT2D eigenvalue weighted by molar-refractivity contribution is 0.0331. The van der Waals surface area contributed by atoms with Crippen molar-refractivity contribution >= 4 is 10.4 Å². The summed E-state index contributed by atoms with van der Waals surface area (Å²) in [6.45, 7) is 6.76. The second kappa shape index (κ2) is 7.44. The van der Waals surface area contributed by atoms with E-state index in [-0.39, 0.29) is 0 Å². The highest BCUT2D eigenvalue weighted by atomic mass is 32.3. The Labute approximate surface area is 72.5 Å². The molecular formula is C5H15NO5S. The molecule has 0 aliphatic heterocycles. The number of rotatable bonds is 3. The molecule has 0 rings (SSSR count). The van der Waals surface area contributed by atoms with Crippen LogP contribution in [0.25, 0.3) is 0 Å². The van der Waals surface area contributed by atoms with E-state index < -0.39 is 10.4 Å². The van der Waals surface area contributed by atoms with Gasteiger partial charge in [-0.1, -0.05) is 0 Å². The number of hydrogen-bond donors (Lipinski definition) is 3. The molecule has 0 bridgehead atoms. The highest BCUT2D eigenvalue weighted by molar-refractivity contribution is 7.79. The maximum absolute atomic E-state index is 8.74. The highest BCUT2D eigenvalue weighted by Crippen LogP contribution is 1.74. The smallest absolute Gasteiger partial charge is 0.302 e. The first-order valence-corrected chi connectivity index (χ1v) is 4.74. The van der Waals surface area contributed by atoms with E-state index in [1.165, 1.54) is 0 Å². The second-order valence-electron chi connectivity index (χ2n) is 2.15. The predicted octanol–water partition coefficient (Wildman–Crippen LogP) is 0.283. The van der Waals surface area contributed by atoms with E-state index in [1.807, 2.05) is 20.8 Å². The monoisotopic (exact) mass is 201 g/mol. The second-order valence-corrected chi connectivity index (χ2v) is 3.05. The van der Waals surface area contributed by atoms with E-state index in [9.17, 15) is 0 Å². The van der Waals surface area contributed by atoms with Gasteiger partial charge in [0.15, 0.2) is 0 Å². The largest absolute Gasteiger partial charge is 0.394 e. The van der Waals surface area contributed by atoms with E-state index >= 15 is 0 Å². The summed E-state index contributed by atoms with van der Waals surface area (Å²) in [5.74, 6) is 0. The molecule has 0 saturated carbocycles. The first-order valence-electron chi connectivity index (χ1n) is 3.34. The predicted molar refractivity (Wildman–Crippen MR) is 44.1 cm³/mol. The van der Waals surface area contributed by atoms with Crippen LogP contribution >= 0.6 is 0 Å². The molecule has 3 N–H and O–H groups in total. The van der Waals surface area contributed by atoms with Gasteiger partial charge in [-0.05, 0) is 20.8 Å². The molecule has 7 heteroatoms. The van der Waals surface area contributed by atoms with Gasteiger partial charge in [0.2, 0.25) is 0 Å². The highest BCUT2D eigenvalue weighted by Gasteiger charge is 1.85. The van der Waals surface area contributed by atoms with Crippen molar-refractivity contribution in [3.05, 3.63) is 0 Å². The quantitative estimate of drug-likeness (QED) is 0.448. The van der Waals surface area contributed by atoms with E-state index in [1.54, 1.807) is 0 Å². The maximum Gasteiger partial charge on any atom is 0.394 e. The zero-order valence-electron chi connectivity index (χ0n) is 7.31. The van der Waals surface area contributed by atoms with Gasteiger partial charge in [-0.3, -0.25) is 9.11 Å². The van der Waals surface area contributed by atoms with Crippen molar-refractivity contribution < 1.29 is 22.4 Å². The summed E-state index contributed by atoms with van der Waals surface area (Å²) in [4.78, 5) is 4.84. The van der Waals surface area contributed by atoms with Gasteiger partial charge in [-0.25, -0.2) is 5.48 Å². The number of hydrogen-bond acceptors (Lipinski definition) is 4. The zero-order valence-corrected chi connectivity index (χ0v) is 8.13. The SMILES string of the molecule is CCONC(C)C.O=S(=O)(O)O. The van der Waals surface area contributed by atoms with Gasteiger partial charge in [0.1, 0.15) is 0 Å². The third-order valence-electron chi connectivity index (χ3n) is 0.463. The molecule has 0 unspecified atom stereocenters. The molecule has 0 aromatic heterocycles. The third kappa shape index (κ3) is 52.7. The lowest BCUT2D eigenvalue weighted by atomic mass is 10.4. The van der Waals surface area contributed by atoms with Gasteiger partial charge in [0.05, 0.1) is 6.61 Å². The fourth-order valence-corrected chi connectivity index (χ4v) is 0.250. The zero-order chi connectivity index (χ0) is 10.2. The van der Waals surface area contributed by atoms with Gasteiger partial charge >= 0.3 is 10.4 Å². The fourth-order valence-electron chi connectivity index (χ4n) is 0.250. The Morgan fingerprint density at radius 2 is 1.75 bits per heavy atom. The summed E-state index contributed by atoms with van der Waals surface area (Å²) in [6.07, 6.45) is 0. The van der Waals surface area contributed by atoms with Gasteiger partial charge in [-0.15, -0.1) is 0 Å². The third-order valence-corrected chi connectivity index (χ3v) is 0.463. The summed E-state index contributed by atoms with van der Waals surface area (Å²) in [5.41, 5.74) is 2.80. The van der Waals surface area contributed by atoms with E-state index in [0.717, 1.165) is 6.61 Å². The summed E-state index contributed by atoms with van der Waals surface area (Å²) >= 11 is 0. The van der Waals surface area contributed by atoms with E-state index in [2.05, 4.69) is 5.48 Å². The van der Waals surface area contributed by atoms with Crippen LogP contribution < -0.4 is 5.48 Å². The van der Waals surface area contributed by atoms with Crippen LogP contribution in [0.1, 0.15) is 20.8 Å². The first-order chi connectivity index (χ1) is 5.27. The van der Waals surface area contributed by atoms with Gasteiger partial charge < -0.3 is 4.84 Å². The minimum atomic E-state index is -4.67. The molecule has 0 saturated heterocycles. The lowest BCUT2D eigenvalue weighted by Crippen LogP contribution is -2.22. The van der Waals surface area contributed by atoms with Crippen LogP contribution in [0.4, 0.5) is 0 Å². The Bertz CT molecular complexity index is 168. The van der Waals surface area contributed by atoms with Crippen LogP contribution in [0.15, 0.2) is 0 Å². The number of hydroxylamine groups is 1. The molecule has 12 heavy (non-hydrogen) atoms. The summed E-state index contributed by atoms with van der Waals surface area (Å²) < 4.78 is 31.6. The van der Waals surface area contributed by atoms with Crippen LogP contribution in [0.3, 0.4) is 0 Å². The van der Waals surface area contributed by atoms with Crippen LogP contribution in [0.5, 0.6) is 0 Å². The normalized spacial score (nSPS) is 10.8. The van der Waals surface area contributed by atoms with Crippen molar-refractivity contribution in [2.24, 2.45) is 0 Å². The topological polar surface area (TPSA) is 95.9 Å². The molecule has 0 aliphatic rings. The van der Waals surface area contributed by atoms with E-state index in [0.29, 0.717) is 6.04 Å². The molecule has 76 valence electrons. The maximum atomic E-state index is 8.74. The van der Waals surface area contributed by atoms with Crippen molar-refractivity contribution in [3.8, 4) is 0 Å².